The van der Waals surface area contributed by atoms with E-state index in [2.05, 4.69) is 20.6 Å². The number of hydrogen-bond acceptors (Lipinski definition) is 5. The van der Waals surface area contributed by atoms with Crippen LogP contribution in [0.3, 0.4) is 0 Å². The van der Waals surface area contributed by atoms with Gasteiger partial charge in [-0.25, -0.2) is 9.97 Å². The molecule has 3 N–H and O–H groups in total. The maximum atomic E-state index is 9.55. The molecule has 15 heavy (non-hydrogen) atoms. The summed E-state index contributed by atoms with van der Waals surface area (Å²) in [5, 5.41) is 15.6. The molecule has 1 unspecified atom stereocenters. The number of hydrogen-bond donors (Lipinski definition) is 3. The summed E-state index contributed by atoms with van der Waals surface area (Å²) < 4.78 is 0. The third kappa shape index (κ3) is 3.06. The van der Waals surface area contributed by atoms with Gasteiger partial charge in [0, 0.05) is 13.1 Å². The lowest BCUT2D eigenvalue weighted by atomic mass is 9.99. The van der Waals surface area contributed by atoms with E-state index in [0.29, 0.717) is 5.82 Å². The molecule has 0 aromatic carbocycles. The molecular formula is C10H18N4O. The van der Waals surface area contributed by atoms with Crippen LogP contribution in [-0.4, -0.2) is 33.8 Å². The highest BCUT2D eigenvalue weighted by Crippen LogP contribution is 2.17. The summed E-state index contributed by atoms with van der Waals surface area (Å²) in [5.74, 6) is 1.44. The maximum Gasteiger partial charge on any atom is 0.131 e. The summed E-state index contributed by atoms with van der Waals surface area (Å²) in [6.07, 6.45) is 1.01. The summed E-state index contributed by atoms with van der Waals surface area (Å²) in [7, 11) is 1.80. The Kier molecular flexibility index (Phi) is 3.47. The van der Waals surface area contributed by atoms with Gasteiger partial charge in [0.1, 0.15) is 18.0 Å². The molecule has 84 valence electrons. The minimum Gasteiger partial charge on any atom is -0.391 e. The zero-order valence-corrected chi connectivity index (χ0v) is 9.57. The van der Waals surface area contributed by atoms with E-state index in [0.717, 1.165) is 5.82 Å². The Labute approximate surface area is 90.0 Å². The molecule has 0 aliphatic carbocycles. The molecule has 5 nitrogen and oxygen atoms in total. The molecule has 0 aliphatic heterocycles. The van der Waals surface area contributed by atoms with Gasteiger partial charge in [-0.1, -0.05) is 0 Å². The standard InChI is InChI=1S/C10H18N4O/c1-7(15)10(2,3)14-9-5-8(11-4)12-6-13-9/h5-7,15H,1-4H3,(H2,11,12,13,14). The van der Waals surface area contributed by atoms with Crippen LogP contribution in [0.25, 0.3) is 0 Å². The highest BCUT2D eigenvalue weighted by Gasteiger charge is 2.24. The first-order valence-corrected chi connectivity index (χ1v) is 4.92. The summed E-state index contributed by atoms with van der Waals surface area (Å²) >= 11 is 0. The Hall–Kier alpha value is -1.36. The van der Waals surface area contributed by atoms with E-state index in [9.17, 15) is 5.11 Å². The lowest BCUT2D eigenvalue weighted by Crippen LogP contribution is -2.42. The zero-order chi connectivity index (χ0) is 11.5. The van der Waals surface area contributed by atoms with Gasteiger partial charge in [-0.15, -0.1) is 0 Å². The SMILES string of the molecule is CNc1cc(NC(C)(C)C(C)O)ncn1. The molecular weight excluding hydrogens is 192 g/mol. The second-order valence-corrected chi connectivity index (χ2v) is 4.06. The maximum absolute atomic E-state index is 9.55. The Morgan fingerprint density at radius 2 is 1.93 bits per heavy atom. The molecule has 0 radical (unpaired) electrons. The fraction of sp³-hybridized carbons (Fsp3) is 0.600. The lowest BCUT2D eigenvalue weighted by Gasteiger charge is -2.29. The highest BCUT2D eigenvalue weighted by molar-refractivity contribution is 5.47. The van der Waals surface area contributed by atoms with Gasteiger partial charge >= 0.3 is 0 Å². The molecule has 0 aliphatic rings. The van der Waals surface area contributed by atoms with Crippen LogP contribution in [0.2, 0.25) is 0 Å². The quantitative estimate of drug-likeness (QED) is 0.694. The third-order valence-corrected chi connectivity index (χ3v) is 2.42. The van der Waals surface area contributed by atoms with Crippen molar-refractivity contribution in [2.75, 3.05) is 17.7 Å². The van der Waals surface area contributed by atoms with Crippen LogP contribution in [-0.2, 0) is 0 Å². The van der Waals surface area contributed by atoms with E-state index in [1.165, 1.54) is 6.33 Å². The van der Waals surface area contributed by atoms with Crippen LogP contribution in [0, 0.1) is 0 Å². The van der Waals surface area contributed by atoms with E-state index in [1.54, 1.807) is 20.0 Å². The fourth-order valence-electron chi connectivity index (χ4n) is 0.997. The van der Waals surface area contributed by atoms with E-state index in [1.807, 2.05) is 13.8 Å². The number of aliphatic hydroxyl groups is 1. The minimum absolute atomic E-state index is 0.417. The van der Waals surface area contributed by atoms with Crippen LogP contribution in [0.4, 0.5) is 11.6 Å². The van der Waals surface area contributed by atoms with Gasteiger partial charge in [-0.3, -0.25) is 0 Å². The van der Waals surface area contributed by atoms with Gasteiger partial charge in [0.25, 0.3) is 0 Å². The number of anilines is 2. The van der Waals surface area contributed by atoms with Crippen molar-refractivity contribution in [3.05, 3.63) is 12.4 Å². The van der Waals surface area contributed by atoms with Gasteiger partial charge in [-0.2, -0.15) is 0 Å². The number of nitrogens with zero attached hydrogens (tertiary/aromatic N) is 2. The molecule has 0 spiro atoms. The number of nitrogens with one attached hydrogen (secondary N) is 2. The molecule has 0 amide bonds. The molecule has 1 rings (SSSR count). The second-order valence-electron chi connectivity index (χ2n) is 4.06. The first kappa shape index (κ1) is 11.7. The Morgan fingerprint density at radius 1 is 1.33 bits per heavy atom. The fourth-order valence-corrected chi connectivity index (χ4v) is 0.997. The van der Waals surface area contributed by atoms with E-state index in [4.69, 9.17) is 0 Å². The first-order chi connectivity index (χ1) is 6.95. The number of rotatable bonds is 4. The average molecular weight is 210 g/mol. The molecule has 0 bridgehead atoms. The molecule has 1 aromatic rings. The summed E-state index contributed by atoms with van der Waals surface area (Å²) in [6.45, 7) is 5.57. The minimum atomic E-state index is -0.467. The Morgan fingerprint density at radius 3 is 2.47 bits per heavy atom. The van der Waals surface area contributed by atoms with Crippen LogP contribution >= 0.6 is 0 Å². The van der Waals surface area contributed by atoms with Crippen molar-refractivity contribution >= 4 is 11.6 Å². The van der Waals surface area contributed by atoms with Gasteiger partial charge < -0.3 is 15.7 Å². The predicted octanol–water partition coefficient (Wildman–Crippen LogP) is 1.09. The number of aliphatic hydroxyl groups excluding tert-OH is 1. The van der Waals surface area contributed by atoms with Crippen molar-refractivity contribution in [1.29, 1.82) is 0 Å². The summed E-state index contributed by atoms with van der Waals surface area (Å²) in [4.78, 5) is 8.09. The molecule has 0 saturated heterocycles. The molecule has 5 heteroatoms. The molecule has 1 aromatic heterocycles. The van der Waals surface area contributed by atoms with Crippen molar-refractivity contribution in [1.82, 2.24) is 9.97 Å². The van der Waals surface area contributed by atoms with Crippen LogP contribution in [0.5, 0.6) is 0 Å². The average Bonchev–Trinajstić information content (AvgIpc) is 2.17. The highest BCUT2D eigenvalue weighted by atomic mass is 16.3. The van der Waals surface area contributed by atoms with E-state index >= 15 is 0 Å². The molecule has 1 heterocycles. The van der Waals surface area contributed by atoms with E-state index < -0.39 is 11.6 Å². The molecule has 1 atom stereocenters. The van der Waals surface area contributed by atoms with Crippen LogP contribution in [0.15, 0.2) is 12.4 Å². The monoisotopic (exact) mass is 210 g/mol. The molecule has 0 fully saturated rings. The second kappa shape index (κ2) is 4.44. The van der Waals surface area contributed by atoms with Crippen molar-refractivity contribution in [3.63, 3.8) is 0 Å². The Balaban J connectivity index is 2.80. The zero-order valence-electron chi connectivity index (χ0n) is 9.57. The number of aromatic nitrogens is 2. The topological polar surface area (TPSA) is 70.1 Å². The Bertz CT molecular complexity index is 325. The normalized spacial score (nSPS) is 13.4. The van der Waals surface area contributed by atoms with E-state index in [-0.39, 0.29) is 0 Å². The van der Waals surface area contributed by atoms with Crippen molar-refractivity contribution in [2.45, 2.75) is 32.4 Å². The third-order valence-electron chi connectivity index (χ3n) is 2.42. The summed E-state index contributed by atoms with van der Waals surface area (Å²) in [5.41, 5.74) is -0.417. The van der Waals surface area contributed by atoms with Gasteiger partial charge in [-0.05, 0) is 20.8 Å². The van der Waals surface area contributed by atoms with Gasteiger partial charge in [0.2, 0.25) is 0 Å². The largest absolute Gasteiger partial charge is 0.391 e. The van der Waals surface area contributed by atoms with Crippen LogP contribution < -0.4 is 10.6 Å². The van der Waals surface area contributed by atoms with Crippen molar-refractivity contribution in [3.8, 4) is 0 Å². The smallest absolute Gasteiger partial charge is 0.131 e. The summed E-state index contributed by atoms with van der Waals surface area (Å²) in [6, 6.07) is 1.80. The van der Waals surface area contributed by atoms with Gasteiger partial charge in [0.05, 0.1) is 11.6 Å². The molecule has 0 saturated carbocycles. The van der Waals surface area contributed by atoms with Gasteiger partial charge in [0.15, 0.2) is 0 Å². The van der Waals surface area contributed by atoms with Crippen molar-refractivity contribution < 1.29 is 5.11 Å². The predicted molar refractivity (Wildman–Crippen MR) is 61.0 cm³/mol. The van der Waals surface area contributed by atoms with Crippen molar-refractivity contribution in [2.24, 2.45) is 0 Å². The first-order valence-electron chi connectivity index (χ1n) is 4.92. The lowest BCUT2D eigenvalue weighted by molar-refractivity contribution is 0.133. The van der Waals surface area contributed by atoms with Crippen LogP contribution in [0.1, 0.15) is 20.8 Å².